The first-order valence-electron chi connectivity index (χ1n) is 6.68. The molecule has 1 N–H and O–H groups in total. The number of aromatic nitrogens is 3. The van der Waals surface area contributed by atoms with Gasteiger partial charge in [0.15, 0.2) is 5.82 Å². The zero-order valence-corrected chi connectivity index (χ0v) is 11.9. The van der Waals surface area contributed by atoms with Gasteiger partial charge in [0.1, 0.15) is 36.8 Å². The van der Waals surface area contributed by atoms with E-state index >= 15 is 0 Å². The molecule has 1 aliphatic rings. The minimum absolute atomic E-state index is 0.234. The van der Waals surface area contributed by atoms with Crippen LogP contribution in [0.2, 0.25) is 0 Å². The lowest BCUT2D eigenvalue weighted by molar-refractivity contribution is 0.280. The van der Waals surface area contributed by atoms with E-state index in [1.165, 1.54) is 6.33 Å². The minimum atomic E-state index is 0.234. The zero-order chi connectivity index (χ0) is 14.8. The highest BCUT2D eigenvalue weighted by atomic mass is 16.5. The van der Waals surface area contributed by atoms with Crippen LogP contribution in [-0.4, -0.2) is 32.3 Å². The topological polar surface area (TPSA) is 81.8 Å². The van der Waals surface area contributed by atoms with Crippen LogP contribution in [0.5, 0.6) is 11.5 Å². The van der Waals surface area contributed by atoms with Crippen LogP contribution in [-0.2, 0) is 6.61 Å². The lowest BCUT2D eigenvalue weighted by Gasteiger charge is -2.11. The summed E-state index contributed by atoms with van der Waals surface area (Å²) in [6, 6.07) is 5.65. The predicted molar refractivity (Wildman–Crippen MR) is 75.0 cm³/mol. The molecule has 7 nitrogen and oxygen atoms in total. The van der Waals surface area contributed by atoms with Gasteiger partial charge < -0.3 is 14.7 Å². The predicted octanol–water partition coefficient (Wildman–Crippen LogP) is 2.01. The van der Waals surface area contributed by atoms with E-state index in [4.69, 9.17) is 14.7 Å². The molecule has 0 radical (unpaired) electrons. The average Bonchev–Trinajstić information content (AvgIpc) is 3.11. The second kappa shape index (κ2) is 5.43. The van der Waals surface area contributed by atoms with Crippen LogP contribution >= 0.6 is 0 Å². The Morgan fingerprint density at radius 1 is 1.48 bits per heavy atom. The average molecular weight is 288 g/mol. The number of oxime groups is 1. The molecule has 0 amide bonds. The van der Waals surface area contributed by atoms with Gasteiger partial charge in [-0.3, -0.25) is 0 Å². The van der Waals surface area contributed by atoms with Crippen LogP contribution in [0.4, 0.5) is 0 Å². The third-order valence-electron chi connectivity index (χ3n) is 3.25. The van der Waals surface area contributed by atoms with Crippen molar-refractivity contribution in [3.8, 4) is 11.5 Å². The normalized spacial score (nSPS) is 15.3. The molecule has 0 saturated carbocycles. The first-order chi connectivity index (χ1) is 10.2. The number of rotatable bonds is 4. The first kappa shape index (κ1) is 13.4. The number of ether oxygens (including phenoxy) is 2. The van der Waals surface area contributed by atoms with Crippen molar-refractivity contribution in [2.24, 2.45) is 5.16 Å². The third kappa shape index (κ3) is 2.54. The van der Waals surface area contributed by atoms with Gasteiger partial charge in [-0.05, 0) is 26.0 Å². The van der Waals surface area contributed by atoms with Gasteiger partial charge in [0, 0.05) is 17.7 Å². The van der Waals surface area contributed by atoms with Crippen molar-refractivity contribution < 1.29 is 14.7 Å². The summed E-state index contributed by atoms with van der Waals surface area (Å²) in [5, 5.41) is 16.2. The minimum Gasteiger partial charge on any atom is -0.486 e. The third-order valence-corrected chi connectivity index (χ3v) is 3.25. The van der Waals surface area contributed by atoms with Crippen molar-refractivity contribution in [1.82, 2.24) is 14.8 Å². The van der Waals surface area contributed by atoms with E-state index in [0.717, 1.165) is 11.4 Å². The van der Waals surface area contributed by atoms with Gasteiger partial charge in [-0.1, -0.05) is 5.16 Å². The molecular formula is C14H16N4O3. The van der Waals surface area contributed by atoms with Crippen LogP contribution in [0.15, 0.2) is 29.7 Å². The molecule has 0 fully saturated rings. The molecule has 2 heterocycles. The van der Waals surface area contributed by atoms with Crippen LogP contribution in [0.25, 0.3) is 0 Å². The summed E-state index contributed by atoms with van der Waals surface area (Å²) in [5.41, 5.74) is 1.31. The van der Waals surface area contributed by atoms with Gasteiger partial charge in [-0.25, -0.2) is 9.67 Å². The van der Waals surface area contributed by atoms with Gasteiger partial charge in [0.05, 0.1) is 0 Å². The van der Waals surface area contributed by atoms with Gasteiger partial charge in [-0.2, -0.15) is 5.10 Å². The van der Waals surface area contributed by atoms with Crippen LogP contribution < -0.4 is 9.47 Å². The molecule has 1 aromatic carbocycles. The molecule has 110 valence electrons. The van der Waals surface area contributed by atoms with Gasteiger partial charge in [0.25, 0.3) is 0 Å². The first-order valence-corrected chi connectivity index (χ1v) is 6.68. The summed E-state index contributed by atoms with van der Waals surface area (Å²) < 4.78 is 13.0. The Labute approximate surface area is 121 Å². The summed E-state index contributed by atoms with van der Waals surface area (Å²) in [6.07, 6.45) is 1.52. The number of benzene rings is 1. The molecule has 7 heteroatoms. The molecule has 0 atom stereocenters. The van der Waals surface area contributed by atoms with Crippen molar-refractivity contribution in [2.45, 2.75) is 26.5 Å². The van der Waals surface area contributed by atoms with E-state index < -0.39 is 0 Å². The summed E-state index contributed by atoms with van der Waals surface area (Å²) in [5.74, 6) is 2.10. The van der Waals surface area contributed by atoms with Crippen molar-refractivity contribution in [2.75, 3.05) is 6.61 Å². The van der Waals surface area contributed by atoms with E-state index in [9.17, 15) is 0 Å². The Hall–Kier alpha value is -2.57. The highest BCUT2D eigenvalue weighted by Gasteiger charge is 2.20. The van der Waals surface area contributed by atoms with Crippen molar-refractivity contribution >= 4 is 5.71 Å². The Morgan fingerprint density at radius 2 is 2.33 bits per heavy atom. The van der Waals surface area contributed by atoms with Crippen LogP contribution in [0.3, 0.4) is 0 Å². The largest absolute Gasteiger partial charge is 0.486 e. The zero-order valence-electron chi connectivity index (χ0n) is 11.9. The second-order valence-corrected chi connectivity index (χ2v) is 5.00. The van der Waals surface area contributed by atoms with E-state index in [1.807, 2.05) is 30.7 Å². The SMILES string of the molecule is CC(C)n1ncnc1COc1ccc2c(c1)OCC2=NO. The summed E-state index contributed by atoms with van der Waals surface area (Å²) in [7, 11) is 0. The highest BCUT2D eigenvalue weighted by Crippen LogP contribution is 2.30. The summed E-state index contributed by atoms with van der Waals surface area (Å²) in [6.45, 7) is 4.68. The van der Waals surface area contributed by atoms with E-state index in [1.54, 1.807) is 6.07 Å². The number of nitrogens with zero attached hydrogens (tertiary/aromatic N) is 4. The maximum atomic E-state index is 8.85. The molecule has 0 saturated heterocycles. The maximum Gasteiger partial charge on any atom is 0.165 e. The van der Waals surface area contributed by atoms with E-state index in [0.29, 0.717) is 23.8 Å². The summed E-state index contributed by atoms with van der Waals surface area (Å²) >= 11 is 0. The smallest absolute Gasteiger partial charge is 0.165 e. The molecule has 3 rings (SSSR count). The van der Waals surface area contributed by atoms with Gasteiger partial charge in [0.2, 0.25) is 0 Å². The molecular weight excluding hydrogens is 272 g/mol. The Kier molecular flexibility index (Phi) is 3.47. The Morgan fingerprint density at radius 3 is 3.10 bits per heavy atom. The molecule has 0 unspecified atom stereocenters. The maximum absolute atomic E-state index is 8.85. The fraction of sp³-hybridized carbons (Fsp3) is 0.357. The number of fused-ring (bicyclic) bond motifs is 1. The lowest BCUT2D eigenvalue weighted by atomic mass is 10.1. The monoisotopic (exact) mass is 288 g/mol. The van der Waals surface area contributed by atoms with E-state index in [-0.39, 0.29) is 12.6 Å². The van der Waals surface area contributed by atoms with Gasteiger partial charge in [-0.15, -0.1) is 0 Å². The molecule has 2 aromatic rings. The van der Waals surface area contributed by atoms with Gasteiger partial charge >= 0.3 is 0 Å². The number of hydrogen-bond acceptors (Lipinski definition) is 6. The van der Waals surface area contributed by atoms with E-state index in [2.05, 4.69) is 15.2 Å². The molecule has 1 aliphatic heterocycles. The van der Waals surface area contributed by atoms with Crippen molar-refractivity contribution in [1.29, 1.82) is 0 Å². The van der Waals surface area contributed by atoms with Crippen molar-refractivity contribution in [3.63, 3.8) is 0 Å². The second-order valence-electron chi connectivity index (χ2n) is 5.00. The lowest BCUT2D eigenvalue weighted by Crippen LogP contribution is -2.10. The molecule has 0 bridgehead atoms. The Bertz CT molecular complexity index is 679. The van der Waals surface area contributed by atoms with Crippen LogP contribution in [0, 0.1) is 0 Å². The number of hydrogen-bond donors (Lipinski definition) is 1. The Balaban J connectivity index is 1.73. The van der Waals surface area contributed by atoms with Crippen LogP contribution in [0.1, 0.15) is 31.3 Å². The molecule has 0 aliphatic carbocycles. The molecule has 1 aromatic heterocycles. The summed E-state index contributed by atoms with van der Waals surface area (Å²) in [4.78, 5) is 4.19. The fourth-order valence-corrected chi connectivity index (χ4v) is 2.21. The quantitative estimate of drug-likeness (QED) is 0.687. The highest BCUT2D eigenvalue weighted by molar-refractivity contribution is 6.05. The standard InChI is InChI=1S/C14H16N4O3/c1-9(2)18-14(15-8-16-18)7-20-10-3-4-11-12(17-19)6-21-13(11)5-10/h3-5,8-9,19H,6-7H2,1-2H3. The molecule has 0 spiro atoms. The van der Waals surface area contributed by atoms with Crippen molar-refractivity contribution in [3.05, 3.63) is 35.9 Å². The fourth-order valence-electron chi connectivity index (χ4n) is 2.21. The molecule has 21 heavy (non-hydrogen) atoms.